The summed E-state index contributed by atoms with van der Waals surface area (Å²) in [4.78, 5) is 14.3. The summed E-state index contributed by atoms with van der Waals surface area (Å²) < 4.78 is 2.37. The van der Waals surface area contributed by atoms with Crippen molar-refractivity contribution in [3.63, 3.8) is 0 Å². The number of likely N-dealkylation sites (tertiary alicyclic amines) is 1. The van der Waals surface area contributed by atoms with Gasteiger partial charge in [0.15, 0.2) is 0 Å². The number of fused-ring (bicyclic) bond motifs is 2. The van der Waals surface area contributed by atoms with Crippen molar-refractivity contribution in [3.8, 4) is 11.1 Å². The van der Waals surface area contributed by atoms with Gasteiger partial charge in [-0.15, -0.1) is 0 Å². The van der Waals surface area contributed by atoms with Crippen molar-refractivity contribution in [1.82, 2.24) is 14.8 Å². The van der Waals surface area contributed by atoms with Gasteiger partial charge in [0.05, 0.1) is 0 Å². The van der Waals surface area contributed by atoms with Crippen molar-refractivity contribution >= 4 is 16.8 Å². The van der Waals surface area contributed by atoms with E-state index in [2.05, 4.69) is 57.4 Å². The van der Waals surface area contributed by atoms with Gasteiger partial charge in [0.25, 0.3) is 5.91 Å². The fraction of sp³-hybridized carbons (Fsp3) is 0.318. The van der Waals surface area contributed by atoms with E-state index in [4.69, 9.17) is 0 Å². The van der Waals surface area contributed by atoms with E-state index in [-0.39, 0.29) is 5.91 Å². The maximum Gasteiger partial charge on any atom is 0.251 e. The van der Waals surface area contributed by atoms with Crippen LogP contribution in [0.25, 0.3) is 22.0 Å². The van der Waals surface area contributed by atoms with Gasteiger partial charge in [-0.1, -0.05) is 18.2 Å². The minimum atomic E-state index is 0.0397. The number of hydrogen-bond acceptors (Lipinski definition) is 2. The molecule has 26 heavy (non-hydrogen) atoms. The number of carbonyl (C=O) groups excluding carboxylic acids is 1. The molecule has 0 radical (unpaired) electrons. The van der Waals surface area contributed by atoms with Crippen LogP contribution in [0.3, 0.4) is 0 Å². The van der Waals surface area contributed by atoms with Crippen molar-refractivity contribution < 1.29 is 4.79 Å². The number of carbonyl (C=O) groups is 1. The summed E-state index contributed by atoms with van der Waals surface area (Å²) in [6.45, 7) is 5.28. The van der Waals surface area contributed by atoms with E-state index in [9.17, 15) is 4.79 Å². The molecule has 1 saturated heterocycles. The summed E-state index contributed by atoms with van der Waals surface area (Å²) in [5.74, 6) is 0.0397. The van der Waals surface area contributed by atoms with E-state index in [0.29, 0.717) is 6.54 Å². The van der Waals surface area contributed by atoms with Gasteiger partial charge < -0.3 is 14.8 Å². The van der Waals surface area contributed by atoms with E-state index in [0.717, 1.165) is 24.2 Å². The summed E-state index contributed by atoms with van der Waals surface area (Å²) in [7, 11) is 0. The average Bonchev–Trinajstić information content (AvgIpc) is 3.40. The number of rotatable bonds is 4. The Morgan fingerprint density at radius 2 is 1.85 bits per heavy atom. The first kappa shape index (κ1) is 15.6. The molecule has 0 spiro atoms. The second-order valence-corrected chi connectivity index (χ2v) is 7.35. The number of aromatic nitrogens is 1. The summed E-state index contributed by atoms with van der Waals surface area (Å²) in [6, 6.07) is 14.9. The van der Waals surface area contributed by atoms with Gasteiger partial charge in [0.2, 0.25) is 0 Å². The van der Waals surface area contributed by atoms with Crippen LogP contribution in [0.1, 0.15) is 28.8 Å². The highest BCUT2D eigenvalue weighted by Crippen LogP contribution is 2.31. The lowest BCUT2D eigenvalue weighted by atomic mass is 9.98. The van der Waals surface area contributed by atoms with Gasteiger partial charge >= 0.3 is 0 Å². The molecule has 0 bridgehead atoms. The molecule has 3 heterocycles. The highest BCUT2D eigenvalue weighted by Gasteiger charge is 2.19. The van der Waals surface area contributed by atoms with Gasteiger partial charge in [-0.2, -0.15) is 0 Å². The fourth-order valence-electron chi connectivity index (χ4n) is 4.33. The second kappa shape index (κ2) is 6.29. The molecule has 0 saturated carbocycles. The molecule has 0 unspecified atom stereocenters. The molecule has 2 aromatic carbocycles. The minimum Gasteiger partial charge on any atom is -0.348 e. The first-order chi connectivity index (χ1) is 12.8. The highest BCUT2D eigenvalue weighted by atomic mass is 16.1. The quantitative estimate of drug-likeness (QED) is 0.784. The van der Waals surface area contributed by atoms with Crippen molar-refractivity contribution in [2.45, 2.75) is 25.9 Å². The number of nitrogens with one attached hydrogen (secondary N) is 1. The predicted octanol–water partition coefficient (Wildman–Crippen LogP) is 3.65. The van der Waals surface area contributed by atoms with Crippen molar-refractivity contribution in [2.24, 2.45) is 0 Å². The predicted molar refractivity (Wildman–Crippen MR) is 104 cm³/mol. The largest absolute Gasteiger partial charge is 0.348 e. The van der Waals surface area contributed by atoms with Crippen molar-refractivity contribution in [1.29, 1.82) is 0 Å². The van der Waals surface area contributed by atoms with Crippen LogP contribution in [-0.2, 0) is 13.1 Å². The van der Waals surface area contributed by atoms with E-state index >= 15 is 0 Å². The van der Waals surface area contributed by atoms with E-state index in [1.807, 2.05) is 6.07 Å². The van der Waals surface area contributed by atoms with Gasteiger partial charge in [-0.05, 0) is 66.9 Å². The van der Waals surface area contributed by atoms with Crippen LogP contribution in [0.4, 0.5) is 0 Å². The van der Waals surface area contributed by atoms with Crippen LogP contribution in [0, 0.1) is 0 Å². The Labute approximate surface area is 153 Å². The zero-order valence-corrected chi connectivity index (χ0v) is 14.9. The zero-order chi connectivity index (χ0) is 17.5. The molecule has 1 fully saturated rings. The van der Waals surface area contributed by atoms with Crippen LogP contribution < -0.4 is 5.32 Å². The third-order valence-corrected chi connectivity index (χ3v) is 5.77. The zero-order valence-electron chi connectivity index (χ0n) is 14.9. The van der Waals surface area contributed by atoms with Crippen molar-refractivity contribution in [2.75, 3.05) is 19.6 Å². The standard InChI is InChI=1S/C22H23N3O/c26-22-19-7-6-16(14-17(19)15-23-22)18-4-3-5-21-20(18)8-11-25(21)13-12-24-9-1-2-10-24/h3-8,11,14H,1-2,9-10,12-13,15H2,(H,23,26). The number of nitrogens with zero attached hydrogens (tertiary/aromatic N) is 2. The Hall–Kier alpha value is -2.59. The maximum absolute atomic E-state index is 11.8. The Morgan fingerprint density at radius 3 is 2.73 bits per heavy atom. The highest BCUT2D eigenvalue weighted by molar-refractivity contribution is 6.00. The smallest absolute Gasteiger partial charge is 0.251 e. The third kappa shape index (κ3) is 2.61. The van der Waals surface area contributed by atoms with Crippen LogP contribution in [-0.4, -0.2) is 35.0 Å². The second-order valence-electron chi connectivity index (χ2n) is 7.35. The summed E-state index contributed by atoms with van der Waals surface area (Å²) in [6.07, 6.45) is 4.89. The Kier molecular flexibility index (Phi) is 3.79. The molecule has 1 aromatic heterocycles. The van der Waals surface area contributed by atoms with E-state index < -0.39 is 0 Å². The molecule has 5 rings (SSSR count). The summed E-state index contributed by atoms with van der Waals surface area (Å²) in [5, 5.41) is 4.18. The summed E-state index contributed by atoms with van der Waals surface area (Å²) >= 11 is 0. The molecule has 2 aliphatic heterocycles. The molecule has 2 aliphatic rings. The van der Waals surface area contributed by atoms with Gasteiger partial charge in [0.1, 0.15) is 0 Å². The summed E-state index contributed by atoms with van der Waals surface area (Å²) in [5.41, 5.74) is 5.62. The van der Waals surface area contributed by atoms with Gasteiger partial charge in [0, 0.05) is 42.3 Å². The van der Waals surface area contributed by atoms with Crippen LogP contribution in [0.15, 0.2) is 48.7 Å². The first-order valence-electron chi connectivity index (χ1n) is 9.51. The number of hydrogen-bond donors (Lipinski definition) is 1. The Bertz CT molecular complexity index is 982. The topological polar surface area (TPSA) is 37.3 Å². The van der Waals surface area contributed by atoms with Crippen LogP contribution >= 0.6 is 0 Å². The lowest BCUT2D eigenvalue weighted by molar-refractivity contribution is 0.0966. The maximum atomic E-state index is 11.8. The fourth-order valence-corrected chi connectivity index (χ4v) is 4.33. The van der Waals surface area contributed by atoms with Crippen molar-refractivity contribution in [3.05, 3.63) is 59.8 Å². The number of amides is 1. The molecule has 0 aliphatic carbocycles. The molecule has 4 nitrogen and oxygen atoms in total. The Balaban J connectivity index is 1.48. The average molecular weight is 345 g/mol. The third-order valence-electron chi connectivity index (χ3n) is 5.77. The lowest BCUT2D eigenvalue weighted by Crippen LogP contribution is -2.23. The molecular weight excluding hydrogens is 322 g/mol. The Morgan fingerprint density at radius 1 is 0.962 bits per heavy atom. The molecule has 3 aromatic rings. The monoisotopic (exact) mass is 345 g/mol. The SMILES string of the molecule is O=C1NCc2cc(-c3cccc4c3ccn4CCN3CCCC3)ccc21. The minimum absolute atomic E-state index is 0.0397. The van der Waals surface area contributed by atoms with Gasteiger partial charge in [-0.3, -0.25) is 4.79 Å². The first-order valence-corrected chi connectivity index (χ1v) is 9.51. The van der Waals surface area contributed by atoms with Crippen LogP contribution in [0.2, 0.25) is 0 Å². The lowest BCUT2D eigenvalue weighted by Gasteiger charge is -2.15. The van der Waals surface area contributed by atoms with Gasteiger partial charge in [-0.25, -0.2) is 0 Å². The molecule has 0 atom stereocenters. The molecule has 1 amide bonds. The van der Waals surface area contributed by atoms with E-state index in [1.165, 1.54) is 48.0 Å². The molecule has 132 valence electrons. The number of benzene rings is 2. The van der Waals surface area contributed by atoms with E-state index in [1.54, 1.807) is 0 Å². The molecule has 1 N–H and O–H groups in total. The molecular formula is C22H23N3O. The van der Waals surface area contributed by atoms with Crippen LogP contribution in [0.5, 0.6) is 0 Å². The normalized spacial score (nSPS) is 17.0. The molecule has 4 heteroatoms.